The van der Waals surface area contributed by atoms with Crippen LogP contribution in [0.25, 0.3) is 11.0 Å². The molecule has 0 saturated heterocycles. The van der Waals surface area contributed by atoms with Crippen molar-refractivity contribution in [2.24, 2.45) is 14.1 Å². The zero-order valence-corrected chi connectivity index (χ0v) is 16.3. The smallest absolute Gasteiger partial charge is 0.270 e. The van der Waals surface area contributed by atoms with Gasteiger partial charge in [0.25, 0.3) is 11.8 Å². The maximum absolute atomic E-state index is 12.7. The standard InChI is InChI=1S/C20H24N6O2/c1-24(13-8-9-13)20(28)14-12-22-26(3)18(14)19(27)21-11-10-17-23-15-6-4-5-7-16(15)25(17)2/h4-7,12-13H,8-11H2,1-3H3,(H,21,27). The maximum Gasteiger partial charge on any atom is 0.270 e. The summed E-state index contributed by atoms with van der Waals surface area (Å²) in [6, 6.07) is 8.21. The number of carbonyl (C=O) groups excluding carboxylic acids is 2. The van der Waals surface area contributed by atoms with Crippen molar-refractivity contribution < 1.29 is 9.59 Å². The average molecular weight is 380 g/mol. The fourth-order valence-electron chi connectivity index (χ4n) is 3.47. The molecule has 2 heterocycles. The Hall–Kier alpha value is -3.16. The van der Waals surface area contributed by atoms with Gasteiger partial charge in [-0.3, -0.25) is 14.3 Å². The molecule has 1 fully saturated rings. The van der Waals surface area contributed by atoms with E-state index in [0.717, 1.165) is 29.7 Å². The lowest BCUT2D eigenvalue weighted by atomic mass is 10.2. The van der Waals surface area contributed by atoms with Crippen LogP contribution in [0.15, 0.2) is 30.5 Å². The minimum Gasteiger partial charge on any atom is -0.350 e. The van der Waals surface area contributed by atoms with E-state index < -0.39 is 0 Å². The fourth-order valence-corrected chi connectivity index (χ4v) is 3.47. The molecule has 8 heteroatoms. The third-order valence-electron chi connectivity index (χ3n) is 5.31. The first-order chi connectivity index (χ1) is 13.5. The summed E-state index contributed by atoms with van der Waals surface area (Å²) in [4.78, 5) is 31.7. The summed E-state index contributed by atoms with van der Waals surface area (Å²) in [5.74, 6) is 0.443. The summed E-state index contributed by atoms with van der Waals surface area (Å²) in [6.45, 7) is 0.424. The topological polar surface area (TPSA) is 85.1 Å². The van der Waals surface area contributed by atoms with Crippen LogP contribution in [0.1, 0.15) is 39.5 Å². The molecule has 4 rings (SSSR count). The number of fused-ring (bicyclic) bond motifs is 1. The van der Waals surface area contributed by atoms with Gasteiger partial charge < -0.3 is 14.8 Å². The van der Waals surface area contributed by atoms with Gasteiger partial charge in [-0.15, -0.1) is 0 Å². The zero-order chi connectivity index (χ0) is 19.8. The van der Waals surface area contributed by atoms with Gasteiger partial charge in [-0.25, -0.2) is 4.98 Å². The Morgan fingerprint density at radius 2 is 2.00 bits per heavy atom. The summed E-state index contributed by atoms with van der Waals surface area (Å²) in [6.07, 6.45) is 4.10. The van der Waals surface area contributed by atoms with Gasteiger partial charge in [-0.05, 0) is 25.0 Å². The molecule has 0 atom stereocenters. The molecular weight excluding hydrogens is 356 g/mol. The summed E-state index contributed by atoms with van der Waals surface area (Å²) in [5, 5.41) is 7.02. The van der Waals surface area contributed by atoms with E-state index in [1.807, 2.05) is 35.9 Å². The number of carbonyl (C=O) groups is 2. The molecule has 0 aliphatic heterocycles. The first kappa shape index (κ1) is 18.2. The van der Waals surface area contributed by atoms with E-state index in [2.05, 4.69) is 15.4 Å². The Balaban J connectivity index is 1.44. The van der Waals surface area contributed by atoms with Crippen LogP contribution in [0.5, 0.6) is 0 Å². The molecule has 1 N–H and O–H groups in total. The summed E-state index contributed by atoms with van der Waals surface area (Å²) in [7, 11) is 5.42. The van der Waals surface area contributed by atoms with Crippen LogP contribution in [0.4, 0.5) is 0 Å². The molecule has 8 nitrogen and oxygen atoms in total. The number of aromatic nitrogens is 4. The summed E-state index contributed by atoms with van der Waals surface area (Å²) >= 11 is 0. The number of benzene rings is 1. The van der Waals surface area contributed by atoms with Crippen LogP contribution < -0.4 is 5.32 Å². The van der Waals surface area contributed by atoms with Crippen LogP contribution in [0.2, 0.25) is 0 Å². The fraction of sp³-hybridized carbons (Fsp3) is 0.400. The third-order valence-corrected chi connectivity index (χ3v) is 5.31. The number of amides is 2. The predicted molar refractivity (Wildman–Crippen MR) is 105 cm³/mol. The molecule has 0 bridgehead atoms. The molecule has 0 unspecified atom stereocenters. The molecule has 3 aromatic rings. The number of hydrogen-bond donors (Lipinski definition) is 1. The highest BCUT2D eigenvalue weighted by atomic mass is 16.2. The van der Waals surface area contributed by atoms with E-state index >= 15 is 0 Å². The van der Waals surface area contributed by atoms with Crippen molar-refractivity contribution >= 4 is 22.8 Å². The van der Waals surface area contributed by atoms with Gasteiger partial charge in [-0.2, -0.15) is 5.10 Å². The van der Waals surface area contributed by atoms with E-state index in [1.54, 1.807) is 19.0 Å². The van der Waals surface area contributed by atoms with Crippen molar-refractivity contribution in [2.45, 2.75) is 25.3 Å². The number of rotatable bonds is 6. The molecule has 0 radical (unpaired) electrons. The summed E-state index contributed by atoms with van der Waals surface area (Å²) < 4.78 is 3.49. The molecule has 1 aliphatic carbocycles. The van der Waals surface area contributed by atoms with E-state index in [0.29, 0.717) is 24.2 Å². The van der Waals surface area contributed by atoms with Gasteiger partial charge in [0.1, 0.15) is 11.5 Å². The van der Waals surface area contributed by atoms with Crippen molar-refractivity contribution in [3.8, 4) is 0 Å². The number of nitrogens with one attached hydrogen (secondary N) is 1. The SMILES string of the molecule is CN(C(=O)c1cnn(C)c1C(=O)NCCc1nc2ccccc2n1C)C1CC1. The minimum absolute atomic E-state index is 0.156. The minimum atomic E-state index is -0.300. The Labute approximate surface area is 163 Å². The van der Waals surface area contributed by atoms with Gasteiger partial charge >= 0.3 is 0 Å². The van der Waals surface area contributed by atoms with Gasteiger partial charge in [0.05, 0.1) is 22.8 Å². The number of aryl methyl sites for hydroxylation is 2. The monoisotopic (exact) mass is 380 g/mol. The van der Waals surface area contributed by atoms with Crippen LogP contribution in [0.3, 0.4) is 0 Å². The number of imidazole rings is 1. The van der Waals surface area contributed by atoms with Crippen LogP contribution in [-0.4, -0.2) is 55.7 Å². The Morgan fingerprint density at radius 1 is 1.25 bits per heavy atom. The normalized spacial score (nSPS) is 13.7. The van der Waals surface area contributed by atoms with Crippen molar-refractivity contribution in [1.29, 1.82) is 0 Å². The van der Waals surface area contributed by atoms with Crippen molar-refractivity contribution in [2.75, 3.05) is 13.6 Å². The lowest BCUT2D eigenvalue weighted by Crippen LogP contribution is -2.33. The Bertz CT molecular complexity index is 1050. The molecule has 28 heavy (non-hydrogen) atoms. The molecule has 2 amide bonds. The molecule has 1 saturated carbocycles. The van der Waals surface area contributed by atoms with Gasteiger partial charge in [0, 0.05) is 40.2 Å². The number of para-hydroxylation sites is 2. The van der Waals surface area contributed by atoms with E-state index in [4.69, 9.17) is 0 Å². The molecule has 1 aliphatic rings. The Morgan fingerprint density at radius 3 is 2.71 bits per heavy atom. The van der Waals surface area contributed by atoms with Gasteiger partial charge in [0.15, 0.2) is 0 Å². The second kappa shape index (κ2) is 7.10. The third kappa shape index (κ3) is 3.26. The number of nitrogens with zero attached hydrogens (tertiary/aromatic N) is 5. The molecule has 0 spiro atoms. The molecule has 1 aromatic carbocycles. The maximum atomic E-state index is 12.7. The van der Waals surface area contributed by atoms with Crippen LogP contribution in [0, 0.1) is 0 Å². The largest absolute Gasteiger partial charge is 0.350 e. The number of hydrogen-bond acceptors (Lipinski definition) is 4. The van der Waals surface area contributed by atoms with Crippen LogP contribution in [-0.2, 0) is 20.5 Å². The van der Waals surface area contributed by atoms with Gasteiger partial charge in [-0.1, -0.05) is 12.1 Å². The van der Waals surface area contributed by atoms with Gasteiger partial charge in [0.2, 0.25) is 0 Å². The first-order valence-electron chi connectivity index (χ1n) is 9.45. The highest BCUT2D eigenvalue weighted by molar-refractivity contribution is 6.06. The van der Waals surface area contributed by atoms with E-state index in [-0.39, 0.29) is 17.9 Å². The highest BCUT2D eigenvalue weighted by Crippen LogP contribution is 2.27. The zero-order valence-electron chi connectivity index (χ0n) is 16.3. The lowest BCUT2D eigenvalue weighted by Gasteiger charge is -2.16. The van der Waals surface area contributed by atoms with Crippen molar-refractivity contribution in [1.82, 2.24) is 29.5 Å². The second-order valence-corrected chi connectivity index (χ2v) is 7.26. The van der Waals surface area contributed by atoms with Crippen LogP contribution >= 0.6 is 0 Å². The van der Waals surface area contributed by atoms with E-state index in [1.165, 1.54) is 10.9 Å². The summed E-state index contributed by atoms with van der Waals surface area (Å²) in [5.41, 5.74) is 2.64. The molecule has 146 valence electrons. The van der Waals surface area contributed by atoms with Crippen molar-refractivity contribution in [3.05, 3.63) is 47.5 Å². The Kier molecular flexibility index (Phi) is 4.62. The molecular formula is C20H24N6O2. The molecule has 2 aromatic heterocycles. The average Bonchev–Trinajstić information content (AvgIpc) is 3.40. The predicted octanol–water partition coefficient (Wildman–Crippen LogP) is 1.51. The van der Waals surface area contributed by atoms with E-state index in [9.17, 15) is 9.59 Å². The second-order valence-electron chi connectivity index (χ2n) is 7.26. The highest BCUT2D eigenvalue weighted by Gasteiger charge is 2.33. The first-order valence-corrected chi connectivity index (χ1v) is 9.45. The lowest BCUT2D eigenvalue weighted by molar-refractivity contribution is 0.0776. The quantitative estimate of drug-likeness (QED) is 0.703. The van der Waals surface area contributed by atoms with Crippen molar-refractivity contribution in [3.63, 3.8) is 0 Å².